The molecule has 88 valence electrons. The number of hydrogen-bond acceptors (Lipinski definition) is 3. The van der Waals surface area contributed by atoms with Crippen LogP contribution in [-0.2, 0) is 0 Å². The van der Waals surface area contributed by atoms with Crippen molar-refractivity contribution in [3.63, 3.8) is 0 Å². The van der Waals surface area contributed by atoms with E-state index in [1.165, 1.54) is 6.07 Å². The number of furan rings is 1. The molecule has 0 saturated carbocycles. The molecule has 0 aliphatic rings. The molecule has 0 aliphatic heterocycles. The van der Waals surface area contributed by atoms with E-state index < -0.39 is 5.97 Å². The van der Waals surface area contributed by atoms with Crippen LogP contribution >= 0.6 is 15.9 Å². The highest BCUT2D eigenvalue weighted by atomic mass is 79.9. The maximum absolute atomic E-state index is 10.6. The first-order chi connectivity index (χ1) is 8.06. The largest absolute Gasteiger partial charge is 0.475 e. The van der Waals surface area contributed by atoms with E-state index in [2.05, 4.69) is 21.2 Å². The van der Waals surface area contributed by atoms with E-state index in [1.54, 1.807) is 6.07 Å². The van der Waals surface area contributed by atoms with Crippen molar-refractivity contribution in [3.8, 4) is 0 Å². The van der Waals surface area contributed by atoms with Crippen molar-refractivity contribution in [3.05, 3.63) is 46.1 Å². The van der Waals surface area contributed by atoms with Gasteiger partial charge in [-0.1, -0.05) is 15.9 Å². The number of nitrogens with one attached hydrogen (secondary N) is 1. The van der Waals surface area contributed by atoms with Crippen LogP contribution in [0.3, 0.4) is 0 Å². The molecular formula is C12H10BrNO3. The average molecular weight is 296 g/mol. The molecule has 1 aromatic carbocycles. The molecule has 2 aromatic rings. The zero-order valence-corrected chi connectivity index (χ0v) is 10.6. The number of aromatic carboxylic acids is 1. The third kappa shape index (κ3) is 2.68. The zero-order valence-electron chi connectivity index (χ0n) is 9.03. The summed E-state index contributed by atoms with van der Waals surface area (Å²) in [5, 5.41) is 11.7. The lowest BCUT2D eigenvalue weighted by Crippen LogP contribution is -1.92. The first-order valence-electron chi connectivity index (χ1n) is 4.92. The van der Waals surface area contributed by atoms with Crippen molar-refractivity contribution in [2.75, 3.05) is 5.32 Å². The average Bonchev–Trinajstić information content (AvgIpc) is 2.72. The number of benzene rings is 1. The maximum atomic E-state index is 10.6. The van der Waals surface area contributed by atoms with Crippen molar-refractivity contribution in [2.45, 2.75) is 6.92 Å². The van der Waals surface area contributed by atoms with Gasteiger partial charge < -0.3 is 14.8 Å². The molecule has 17 heavy (non-hydrogen) atoms. The Morgan fingerprint density at radius 3 is 2.71 bits per heavy atom. The summed E-state index contributed by atoms with van der Waals surface area (Å²) >= 11 is 3.41. The molecule has 1 aromatic heterocycles. The molecule has 4 nitrogen and oxygen atoms in total. The number of carboxylic acid groups (broad SMARTS) is 1. The van der Waals surface area contributed by atoms with Crippen LogP contribution in [0.1, 0.15) is 16.1 Å². The van der Waals surface area contributed by atoms with E-state index in [9.17, 15) is 4.79 Å². The minimum atomic E-state index is -1.08. The molecule has 1 heterocycles. The van der Waals surface area contributed by atoms with Gasteiger partial charge in [-0.25, -0.2) is 4.79 Å². The second-order valence-electron chi connectivity index (χ2n) is 3.56. The Labute approximate surface area is 106 Å². The topological polar surface area (TPSA) is 62.5 Å². The third-order valence-corrected chi connectivity index (χ3v) is 3.13. The summed E-state index contributed by atoms with van der Waals surface area (Å²) in [6, 6.07) is 8.73. The Morgan fingerprint density at radius 2 is 2.12 bits per heavy atom. The molecule has 0 saturated heterocycles. The summed E-state index contributed by atoms with van der Waals surface area (Å²) in [7, 11) is 0. The van der Waals surface area contributed by atoms with Gasteiger partial charge in [0.25, 0.3) is 0 Å². The summed E-state index contributed by atoms with van der Waals surface area (Å²) in [5.74, 6) is -0.754. The van der Waals surface area contributed by atoms with Crippen molar-refractivity contribution in [1.29, 1.82) is 0 Å². The lowest BCUT2D eigenvalue weighted by atomic mass is 10.2. The molecule has 0 radical (unpaired) electrons. The molecule has 0 atom stereocenters. The van der Waals surface area contributed by atoms with E-state index in [0.717, 1.165) is 15.7 Å². The lowest BCUT2D eigenvalue weighted by Gasteiger charge is -2.05. The van der Waals surface area contributed by atoms with Gasteiger partial charge in [0.15, 0.2) is 5.88 Å². The second kappa shape index (κ2) is 4.63. The van der Waals surface area contributed by atoms with Crippen LogP contribution in [0.15, 0.2) is 39.2 Å². The van der Waals surface area contributed by atoms with Crippen LogP contribution in [-0.4, -0.2) is 11.1 Å². The van der Waals surface area contributed by atoms with Crippen LogP contribution in [0, 0.1) is 6.92 Å². The standard InChI is InChI=1S/C12H10BrNO3/c1-7-6-8(2-3-9(7)13)14-11-5-4-10(17-11)12(15)16/h2-6,14H,1H3,(H,15,16). The van der Waals surface area contributed by atoms with Crippen LogP contribution < -0.4 is 5.32 Å². The fourth-order valence-electron chi connectivity index (χ4n) is 1.38. The minimum Gasteiger partial charge on any atom is -0.475 e. The van der Waals surface area contributed by atoms with E-state index >= 15 is 0 Å². The van der Waals surface area contributed by atoms with Gasteiger partial charge in [0.2, 0.25) is 5.76 Å². The SMILES string of the molecule is Cc1cc(Nc2ccc(C(=O)O)o2)ccc1Br. The number of carboxylic acids is 1. The van der Waals surface area contributed by atoms with Gasteiger partial charge >= 0.3 is 5.97 Å². The number of hydrogen-bond donors (Lipinski definition) is 2. The number of halogens is 1. The van der Waals surface area contributed by atoms with Crippen LogP contribution in [0.4, 0.5) is 11.6 Å². The minimum absolute atomic E-state index is 0.0821. The van der Waals surface area contributed by atoms with E-state index in [4.69, 9.17) is 9.52 Å². The van der Waals surface area contributed by atoms with E-state index in [1.807, 2.05) is 25.1 Å². The number of anilines is 2. The van der Waals surface area contributed by atoms with Crippen LogP contribution in [0.25, 0.3) is 0 Å². The summed E-state index contributed by atoms with van der Waals surface area (Å²) < 4.78 is 6.12. The van der Waals surface area contributed by atoms with Crippen molar-refractivity contribution < 1.29 is 14.3 Å². The predicted molar refractivity (Wildman–Crippen MR) is 67.8 cm³/mol. The third-order valence-electron chi connectivity index (χ3n) is 2.24. The molecule has 0 aliphatic carbocycles. The Morgan fingerprint density at radius 1 is 1.35 bits per heavy atom. The first kappa shape index (κ1) is 11.7. The van der Waals surface area contributed by atoms with Crippen molar-refractivity contribution in [2.24, 2.45) is 0 Å². The van der Waals surface area contributed by atoms with E-state index in [-0.39, 0.29) is 5.76 Å². The molecule has 0 bridgehead atoms. The quantitative estimate of drug-likeness (QED) is 0.904. The fraction of sp³-hybridized carbons (Fsp3) is 0.0833. The summed E-state index contributed by atoms with van der Waals surface area (Å²) in [6.45, 7) is 1.97. The fourth-order valence-corrected chi connectivity index (χ4v) is 1.63. The highest BCUT2D eigenvalue weighted by molar-refractivity contribution is 9.10. The molecule has 0 spiro atoms. The molecule has 0 fully saturated rings. The Balaban J connectivity index is 2.19. The van der Waals surface area contributed by atoms with Gasteiger partial charge in [-0.2, -0.15) is 0 Å². The Hall–Kier alpha value is -1.75. The summed E-state index contributed by atoms with van der Waals surface area (Å²) in [5.41, 5.74) is 1.93. The summed E-state index contributed by atoms with van der Waals surface area (Å²) in [6.07, 6.45) is 0. The number of carbonyl (C=O) groups is 1. The Kier molecular flexibility index (Phi) is 3.19. The normalized spacial score (nSPS) is 10.2. The predicted octanol–water partition coefficient (Wildman–Crippen LogP) is 3.79. The molecule has 0 unspecified atom stereocenters. The van der Waals surface area contributed by atoms with Crippen molar-refractivity contribution in [1.82, 2.24) is 0 Å². The molecule has 0 amide bonds. The highest BCUT2D eigenvalue weighted by Gasteiger charge is 2.08. The van der Waals surface area contributed by atoms with Gasteiger partial charge in [-0.3, -0.25) is 0 Å². The summed E-state index contributed by atoms with van der Waals surface area (Å²) in [4.78, 5) is 10.6. The monoisotopic (exact) mass is 295 g/mol. The van der Waals surface area contributed by atoms with Crippen LogP contribution in [0.2, 0.25) is 0 Å². The molecular weight excluding hydrogens is 286 g/mol. The maximum Gasteiger partial charge on any atom is 0.371 e. The van der Waals surface area contributed by atoms with Gasteiger partial charge in [-0.05, 0) is 36.8 Å². The van der Waals surface area contributed by atoms with Crippen molar-refractivity contribution >= 4 is 33.5 Å². The zero-order chi connectivity index (χ0) is 12.4. The highest BCUT2D eigenvalue weighted by Crippen LogP contribution is 2.24. The molecule has 5 heteroatoms. The van der Waals surface area contributed by atoms with Gasteiger partial charge in [-0.15, -0.1) is 0 Å². The number of rotatable bonds is 3. The molecule has 2 rings (SSSR count). The lowest BCUT2D eigenvalue weighted by molar-refractivity contribution is 0.0663. The smallest absolute Gasteiger partial charge is 0.371 e. The first-order valence-corrected chi connectivity index (χ1v) is 5.72. The van der Waals surface area contributed by atoms with Gasteiger partial charge in [0, 0.05) is 16.2 Å². The Bertz CT molecular complexity index is 563. The van der Waals surface area contributed by atoms with E-state index in [0.29, 0.717) is 5.88 Å². The number of aryl methyl sites for hydroxylation is 1. The molecule has 2 N–H and O–H groups in total. The second-order valence-corrected chi connectivity index (χ2v) is 4.41. The van der Waals surface area contributed by atoms with Gasteiger partial charge in [0.1, 0.15) is 0 Å². The van der Waals surface area contributed by atoms with Gasteiger partial charge in [0.05, 0.1) is 0 Å². The van der Waals surface area contributed by atoms with Crippen LogP contribution in [0.5, 0.6) is 0 Å².